The highest BCUT2D eigenvalue weighted by atomic mass is 35.5. The SMILES string of the molecule is CC(C)C1Cc2cc(F)cc3c2N1C=CN=C3C1=C(c2cnc3ccccn23)C(=O)NC1=O.Cl. The number of carbonyl (C=O) groups excluding carboxylic acids is 2. The lowest BCUT2D eigenvalue weighted by Crippen LogP contribution is -2.32. The predicted molar refractivity (Wildman–Crippen MR) is 129 cm³/mol. The number of amides is 2. The van der Waals surface area contributed by atoms with Crippen LogP contribution in [0.5, 0.6) is 0 Å². The van der Waals surface area contributed by atoms with E-state index in [0.29, 0.717) is 29.2 Å². The smallest absolute Gasteiger partial charge is 0.261 e. The fourth-order valence-electron chi connectivity index (χ4n) is 5.02. The Labute approximate surface area is 201 Å². The normalized spacial score (nSPS) is 18.9. The molecule has 0 aliphatic carbocycles. The number of carbonyl (C=O) groups is 2. The molecule has 0 spiro atoms. The Kier molecular flexibility index (Phi) is 5.13. The molecular formula is C25H21ClFN5O2. The molecule has 34 heavy (non-hydrogen) atoms. The van der Waals surface area contributed by atoms with E-state index in [4.69, 9.17) is 0 Å². The van der Waals surface area contributed by atoms with Gasteiger partial charge in [-0.05, 0) is 42.2 Å². The highest BCUT2D eigenvalue weighted by molar-refractivity contribution is 6.47. The summed E-state index contributed by atoms with van der Waals surface area (Å²) in [4.78, 5) is 37.0. The Bertz CT molecular complexity index is 1470. The van der Waals surface area contributed by atoms with Crippen LogP contribution in [0.4, 0.5) is 10.1 Å². The Balaban J connectivity index is 0.00000241. The fraction of sp³-hybridized carbons (Fsp3) is 0.200. The minimum absolute atomic E-state index is 0. The van der Waals surface area contributed by atoms with Crippen LogP contribution in [0.2, 0.25) is 0 Å². The summed E-state index contributed by atoms with van der Waals surface area (Å²) >= 11 is 0. The molecule has 0 radical (unpaired) electrons. The second-order valence-corrected chi connectivity index (χ2v) is 8.77. The molecule has 3 aliphatic rings. The van der Waals surface area contributed by atoms with E-state index in [1.54, 1.807) is 29.1 Å². The number of pyridine rings is 1. The molecule has 3 aliphatic heterocycles. The van der Waals surface area contributed by atoms with Crippen molar-refractivity contribution in [1.82, 2.24) is 14.7 Å². The third kappa shape index (κ3) is 3.09. The lowest BCUT2D eigenvalue weighted by molar-refractivity contribution is -0.123. The van der Waals surface area contributed by atoms with Gasteiger partial charge in [0, 0.05) is 30.2 Å². The van der Waals surface area contributed by atoms with Gasteiger partial charge in [0.1, 0.15) is 11.5 Å². The fourth-order valence-corrected chi connectivity index (χ4v) is 5.02. The molecule has 0 saturated carbocycles. The first kappa shape index (κ1) is 22.0. The average Bonchev–Trinajstić information content (AvgIpc) is 3.40. The molecule has 1 atom stereocenters. The minimum atomic E-state index is -0.558. The van der Waals surface area contributed by atoms with Crippen molar-refractivity contribution in [1.29, 1.82) is 0 Å². The molecule has 7 nitrogen and oxygen atoms in total. The van der Waals surface area contributed by atoms with Crippen LogP contribution in [-0.4, -0.2) is 33.0 Å². The zero-order chi connectivity index (χ0) is 22.9. The van der Waals surface area contributed by atoms with Gasteiger partial charge >= 0.3 is 0 Å². The van der Waals surface area contributed by atoms with Gasteiger partial charge in [0.05, 0.1) is 34.4 Å². The Morgan fingerprint density at radius 2 is 1.94 bits per heavy atom. The van der Waals surface area contributed by atoms with Crippen LogP contribution in [0, 0.1) is 11.7 Å². The number of imide groups is 1. The summed E-state index contributed by atoms with van der Waals surface area (Å²) in [5.41, 5.74) is 3.90. The van der Waals surface area contributed by atoms with E-state index >= 15 is 0 Å². The number of rotatable bonds is 3. The Hall–Kier alpha value is -3.78. The van der Waals surface area contributed by atoms with Crippen molar-refractivity contribution in [3.8, 4) is 0 Å². The zero-order valence-electron chi connectivity index (χ0n) is 18.4. The molecule has 9 heteroatoms. The van der Waals surface area contributed by atoms with Crippen LogP contribution in [0.1, 0.15) is 30.7 Å². The van der Waals surface area contributed by atoms with E-state index in [2.05, 4.69) is 34.0 Å². The molecule has 0 fully saturated rings. The number of nitrogens with one attached hydrogen (secondary N) is 1. The van der Waals surface area contributed by atoms with Crippen molar-refractivity contribution < 1.29 is 14.0 Å². The minimum Gasteiger partial charge on any atom is -0.342 e. The molecule has 1 N–H and O–H groups in total. The van der Waals surface area contributed by atoms with Crippen molar-refractivity contribution in [2.45, 2.75) is 26.3 Å². The number of benzene rings is 1. The van der Waals surface area contributed by atoms with Crippen LogP contribution in [0.15, 0.2) is 65.7 Å². The van der Waals surface area contributed by atoms with E-state index in [1.165, 1.54) is 6.07 Å². The van der Waals surface area contributed by atoms with Crippen molar-refractivity contribution in [3.05, 3.63) is 83.3 Å². The standard InChI is InChI=1S/C25H20FN5O2.ClH/c1-13(2)17-10-14-9-15(26)11-16-22(27-6-8-31(17)23(14)16)21-20(24(32)29-25(21)33)18-12-28-19-5-3-4-7-30(18)19;/h3-9,11-13,17H,10H2,1-2H3,(H,29,32,33);1H. The van der Waals surface area contributed by atoms with E-state index < -0.39 is 17.6 Å². The average molecular weight is 478 g/mol. The topological polar surface area (TPSA) is 79.1 Å². The maximum absolute atomic E-state index is 14.7. The number of imidazole rings is 1. The summed E-state index contributed by atoms with van der Waals surface area (Å²) in [5, 5.41) is 2.40. The summed E-state index contributed by atoms with van der Waals surface area (Å²) in [6.07, 6.45) is 7.52. The van der Waals surface area contributed by atoms with Crippen LogP contribution in [0.3, 0.4) is 0 Å². The second-order valence-electron chi connectivity index (χ2n) is 8.77. The van der Waals surface area contributed by atoms with Crippen molar-refractivity contribution >= 4 is 46.8 Å². The second kappa shape index (κ2) is 7.92. The summed E-state index contributed by atoms with van der Waals surface area (Å²) in [6, 6.07) is 8.57. The highest BCUT2D eigenvalue weighted by Crippen LogP contribution is 2.42. The third-order valence-corrected chi connectivity index (χ3v) is 6.49. The number of hydrogen-bond acceptors (Lipinski definition) is 5. The molecule has 1 unspecified atom stereocenters. The summed E-state index contributed by atoms with van der Waals surface area (Å²) < 4.78 is 16.5. The highest BCUT2D eigenvalue weighted by Gasteiger charge is 2.40. The summed E-state index contributed by atoms with van der Waals surface area (Å²) in [5.74, 6) is -1.16. The molecule has 172 valence electrons. The maximum atomic E-state index is 14.7. The van der Waals surface area contributed by atoms with Gasteiger partial charge < -0.3 is 4.90 Å². The Morgan fingerprint density at radius 1 is 1.15 bits per heavy atom. The summed E-state index contributed by atoms with van der Waals surface area (Å²) in [6.45, 7) is 4.25. The first-order chi connectivity index (χ1) is 15.9. The van der Waals surface area contributed by atoms with Gasteiger partial charge in [-0.3, -0.25) is 24.3 Å². The van der Waals surface area contributed by atoms with Crippen molar-refractivity contribution in [2.75, 3.05) is 4.90 Å². The molecule has 5 heterocycles. The lowest BCUT2D eigenvalue weighted by atomic mass is 9.94. The van der Waals surface area contributed by atoms with Gasteiger partial charge in [-0.1, -0.05) is 19.9 Å². The molecule has 0 saturated heterocycles. The van der Waals surface area contributed by atoms with Crippen LogP contribution >= 0.6 is 12.4 Å². The molecular weight excluding hydrogens is 457 g/mol. The van der Waals surface area contributed by atoms with Crippen LogP contribution in [0.25, 0.3) is 11.2 Å². The molecule has 3 aromatic rings. The van der Waals surface area contributed by atoms with Crippen LogP contribution in [-0.2, 0) is 16.0 Å². The maximum Gasteiger partial charge on any atom is 0.261 e. The van der Waals surface area contributed by atoms with Gasteiger partial charge in [-0.25, -0.2) is 9.37 Å². The van der Waals surface area contributed by atoms with Gasteiger partial charge in [0.15, 0.2) is 0 Å². The van der Waals surface area contributed by atoms with Crippen molar-refractivity contribution in [2.24, 2.45) is 10.9 Å². The predicted octanol–water partition coefficient (Wildman–Crippen LogP) is 3.67. The van der Waals surface area contributed by atoms with Gasteiger partial charge in [0.25, 0.3) is 11.8 Å². The largest absolute Gasteiger partial charge is 0.342 e. The molecule has 6 rings (SSSR count). The first-order valence-electron chi connectivity index (χ1n) is 10.8. The van der Waals surface area contributed by atoms with E-state index in [1.807, 2.05) is 24.4 Å². The third-order valence-electron chi connectivity index (χ3n) is 6.49. The quantitative estimate of drug-likeness (QED) is 0.584. The van der Waals surface area contributed by atoms with Crippen LogP contribution < -0.4 is 10.2 Å². The molecule has 2 amide bonds. The number of fused-ring (bicyclic) bond motifs is 1. The number of aliphatic imine (C=N–C) groups is 1. The van der Waals surface area contributed by atoms with E-state index in [0.717, 1.165) is 11.3 Å². The number of nitrogens with zero attached hydrogens (tertiary/aromatic N) is 4. The lowest BCUT2D eigenvalue weighted by Gasteiger charge is -2.27. The monoisotopic (exact) mass is 477 g/mol. The molecule has 1 aromatic carbocycles. The van der Waals surface area contributed by atoms with E-state index in [9.17, 15) is 14.0 Å². The molecule has 0 bridgehead atoms. The zero-order valence-corrected chi connectivity index (χ0v) is 19.3. The summed E-state index contributed by atoms with van der Waals surface area (Å²) in [7, 11) is 0. The van der Waals surface area contributed by atoms with Gasteiger partial charge in [-0.15, -0.1) is 12.4 Å². The van der Waals surface area contributed by atoms with Gasteiger partial charge in [0.2, 0.25) is 0 Å². The number of halogens is 2. The van der Waals surface area contributed by atoms with Gasteiger partial charge in [-0.2, -0.15) is 0 Å². The molecule has 2 aromatic heterocycles. The Morgan fingerprint density at radius 3 is 2.74 bits per heavy atom. The number of anilines is 1. The number of aromatic nitrogens is 2. The first-order valence-corrected chi connectivity index (χ1v) is 10.8. The number of hydrogen-bond donors (Lipinski definition) is 1. The van der Waals surface area contributed by atoms with Crippen molar-refractivity contribution in [3.63, 3.8) is 0 Å². The van der Waals surface area contributed by atoms with E-state index in [-0.39, 0.29) is 35.3 Å².